The largest absolute Gasteiger partial charge is 0.397 e. The summed E-state index contributed by atoms with van der Waals surface area (Å²) < 4.78 is 1.77. The summed E-state index contributed by atoms with van der Waals surface area (Å²) in [6, 6.07) is 7.51. The highest BCUT2D eigenvalue weighted by atomic mass is 79.9. The van der Waals surface area contributed by atoms with Crippen LogP contribution in [0.25, 0.3) is 0 Å². The van der Waals surface area contributed by atoms with Gasteiger partial charge < -0.3 is 11.1 Å². The fraction of sp³-hybridized carbons (Fsp3) is 0.214. The Kier molecular flexibility index (Phi) is 6.16. The van der Waals surface area contributed by atoms with Crippen LogP contribution in [-0.2, 0) is 0 Å². The molecule has 1 aromatic heterocycles. The fourth-order valence-electron chi connectivity index (χ4n) is 1.60. The lowest BCUT2D eigenvalue weighted by atomic mass is 10.2. The molecule has 3 nitrogen and oxygen atoms in total. The first-order valence-corrected chi connectivity index (χ1v) is 9.68. The lowest BCUT2D eigenvalue weighted by molar-refractivity contribution is 0.103. The van der Waals surface area contributed by atoms with Crippen LogP contribution < -0.4 is 11.1 Å². The molecule has 0 bridgehead atoms. The number of nitrogen functional groups attached to an aromatic ring is 1. The van der Waals surface area contributed by atoms with Gasteiger partial charge in [-0.15, -0.1) is 23.1 Å². The van der Waals surface area contributed by atoms with Gasteiger partial charge in [0.1, 0.15) is 0 Å². The number of anilines is 2. The van der Waals surface area contributed by atoms with Gasteiger partial charge >= 0.3 is 0 Å². The molecule has 1 heterocycles. The standard InChI is InChI=1S/C14H14Br2N2OS2/c1-2-5-20-8-3-4-10(17)11(6-8)18-14(19)12-7-9(15)13(16)21-12/h3-4,6-7H,2,5,17H2,1H3,(H,18,19). The Morgan fingerprint density at radius 1 is 1.38 bits per heavy atom. The molecule has 0 aliphatic heterocycles. The number of nitrogens with two attached hydrogens (primary N) is 1. The van der Waals surface area contributed by atoms with Crippen molar-refractivity contribution in [2.24, 2.45) is 0 Å². The van der Waals surface area contributed by atoms with Gasteiger partial charge in [-0.25, -0.2) is 0 Å². The van der Waals surface area contributed by atoms with Crippen LogP contribution in [0.4, 0.5) is 11.4 Å². The fourth-order valence-corrected chi connectivity index (χ4v) is 4.33. The second-order valence-electron chi connectivity index (χ2n) is 4.28. The zero-order valence-electron chi connectivity index (χ0n) is 11.3. The molecule has 1 amide bonds. The SMILES string of the molecule is CCCSc1ccc(N)c(NC(=O)c2cc(Br)c(Br)s2)c1. The smallest absolute Gasteiger partial charge is 0.265 e. The number of rotatable bonds is 5. The van der Waals surface area contributed by atoms with Crippen LogP contribution in [-0.4, -0.2) is 11.7 Å². The summed E-state index contributed by atoms with van der Waals surface area (Å²) in [4.78, 5) is 14.0. The molecule has 7 heteroatoms. The molecular formula is C14H14Br2N2OS2. The van der Waals surface area contributed by atoms with Crippen LogP contribution in [0.2, 0.25) is 0 Å². The van der Waals surface area contributed by atoms with E-state index in [2.05, 4.69) is 44.1 Å². The van der Waals surface area contributed by atoms with E-state index in [4.69, 9.17) is 5.73 Å². The van der Waals surface area contributed by atoms with Crippen molar-refractivity contribution < 1.29 is 4.79 Å². The molecule has 0 radical (unpaired) electrons. The molecule has 0 spiro atoms. The second-order valence-corrected chi connectivity index (χ2v) is 8.68. The first-order valence-electron chi connectivity index (χ1n) is 6.29. The Bertz CT molecular complexity index is 639. The Morgan fingerprint density at radius 2 is 2.14 bits per heavy atom. The summed E-state index contributed by atoms with van der Waals surface area (Å²) in [5, 5.41) is 2.88. The zero-order valence-corrected chi connectivity index (χ0v) is 16.1. The van der Waals surface area contributed by atoms with Crippen molar-refractivity contribution in [3.05, 3.63) is 37.4 Å². The van der Waals surface area contributed by atoms with E-state index in [0.717, 1.165) is 25.3 Å². The third-order valence-electron chi connectivity index (χ3n) is 2.61. The summed E-state index contributed by atoms with van der Waals surface area (Å²) in [6.45, 7) is 2.14. The number of carbonyl (C=O) groups is 1. The first-order chi connectivity index (χ1) is 10.0. The second kappa shape index (κ2) is 7.67. The first kappa shape index (κ1) is 16.9. The van der Waals surface area contributed by atoms with Crippen molar-refractivity contribution in [3.8, 4) is 0 Å². The molecule has 3 N–H and O–H groups in total. The van der Waals surface area contributed by atoms with Crippen LogP contribution in [0, 0.1) is 0 Å². The molecule has 0 unspecified atom stereocenters. The minimum Gasteiger partial charge on any atom is -0.397 e. The number of hydrogen-bond donors (Lipinski definition) is 2. The molecule has 0 fully saturated rings. The number of carbonyl (C=O) groups excluding carboxylic acids is 1. The minimum atomic E-state index is -0.157. The predicted octanol–water partition coefficient (Wildman–Crippen LogP) is 5.61. The average molecular weight is 450 g/mol. The summed E-state index contributed by atoms with van der Waals surface area (Å²) in [5.74, 6) is 0.887. The van der Waals surface area contributed by atoms with E-state index in [1.807, 2.05) is 18.2 Å². The predicted molar refractivity (Wildman–Crippen MR) is 99.5 cm³/mol. The number of benzene rings is 1. The molecule has 0 aliphatic carbocycles. The Hall–Kier alpha value is -0.500. The third-order valence-corrected chi connectivity index (χ3v) is 7.07. The normalized spacial score (nSPS) is 10.6. The minimum absolute atomic E-state index is 0.157. The Balaban J connectivity index is 2.16. The topological polar surface area (TPSA) is 55.1 Å². The maximum Gasteiger partial charge on any atom is 0.265 e. The summed E-state index contributed by atoms with van der Waals surface area (Å²) >= 11 is 9.90. The van der Waals surface area contributed by atoms with Gasteiger partial charge in [-0.2, -0.15) is 0 Å². The lowest BCUT2D eigenvalue weighted by Crippen LogP contribution is -2.11. The van der Waals surface area contributed by atoms with Crippen molar-refractivity contribution in [1.29, 1.82) is 0 Å². The highest BCUT2D eigenvalue weighted by molar-refractivity contribution is 9.13. The van der Waals surface area contributed by atoms with Gasteiger partial charge in [0.2, 0.25) is 0 Å². The van der Waals surface area contributed by atoms with Crippen LogP contribution in [0.15, 0.2) is 37.4 Å². The molecule has 21 heavy (non-hydrogen) atoms. The lowest BCUT2D eigenvalue weighted by Gasteiger charge is -2.09. The summed E-state index contributed by atoms with van der Waals surface area (Å²) in [5.41, 5.74) is 7.16. The van der Waals surface area contributed by atoms with E-state index in [9.17, 15) is 4.79 Å². The molecule has 0 saturated carbocycles. The molecule has 0 aliphatic rings. The van der Waals surface area contributed by atoms with Gasteiger partial charge in [-0.1, -0.05) is 6.92 Å². The number of halogens is 2. The number of thiophene rings is 1. The van der Waals surface area contributed by atoms with E-state index in [1.165, 1.54) is 11.3 Å². The molecule has 0 saturated heterocycles. The highest BCUT2D eigenvalue weighted by Gasteiger charge is 2.13. The quantitative estimate of drug-likeness (QED) is 0.460. The molecule has 112 valence electrons. The monoisotopic (exact) mass is 448 g/mol. The highest BCUT2D eigenvalue weighted by Crippen LogP contribution is 2.33. The van der Waals surface area contributed by atoms with E-state index in [1.54, 1.807) is 17.8 Å². The van der Waals surface area contributed by atoms with Gasteiger partial charge in [0.25, 0.3) is 5.91 Å². The van der Waals surface area contributed by atoms with Crippen molar-refractivity contribution in [2.45, 2.75) is 18.2 Å². The zero-order chi connectivity index (χ0) is 15.4. The number of thioether (sulfide) groups is 1. The average Bonchev–Trinajstić information content (AvgIpc) is 2.79. The molecule has 0 atom stereocenters. The van der Waals surface area contributed by atoms with E-state index in [0.29, 0.717) is 16.3 Å². The molecular weight excluding hydrogens is 436 g/mol. The van der Waals surface area contributed by atoms with Crippen molar-refractivity contribution >= 4 is 72.2 Å². The number of nitrogens with one attached hydrogen (secondary N) is 1. The Morgan fingerprint density at radius 3 is 2.76 bits per heavy atom. The third kappa shape index (κ3) is 4.48. The van der Waals surface area contributed by atoms with Crippen LogP contribution in [0.3, 0.4) is 0 Å². The molecule has 2 rings (SSSR count). The van der Waals surface area contributed by atoms with Gasteiger partial charge in [0, 0.05) is 9.37 Å². The summed E-state index contributed by atoms with van der Waals surface area (Å²) in [6.07, 6.45) is 1.11. The maximum absolute atomic E-state index is 12.3. The van der Waals surface area contributed by atoms with E-state index in [-0.39, 0.29) is 5.91 Å². The van der Waals surface area contributed by atoms with Crippen molar-refractivity contribution in [1.82, 2.24) is 0 Å². The van der Waals surface area contributed by atoms with Gasteiger partial charge in [-0.05, 0) is 68.3 Å². The van der Waals surface area contributed by atoms with Gasteiger partial charge in [0.05, 0.1) is 20.0 Å². The molecule has 2 aromatic rings. The van der Waals surface area contributed by atoms with Crippen LogP contribution >= 0.6 is 55.0 Å². The van der Waals surface area contributed by atoms with Gasteiger partial charge in [0.15, 0.2) is 0 Å². The summed E-state index contributed by atoms with van der Waals surface area (Å²) in [7, 11) is 0. The van der Waals surface area contributed by atoms with E-state index >= 15 is 0 Å². The van der Waals surface area contributed by atoms with Crippen LogP contribution in [0.5, 0.6) is 0 Å². The Labute approximate surface area is 148 Å². The van der Waals surface area contributed by atoms with Crippen molar-refractivity contribution in [3.63, 3.8) is 0 Å². The molecule has 1 aromatic carbocycles. The van der Waals surface area contributed by atoms with Crippen LogP contribution in [0.1, 0.15) is 23.0 Å². The van der Waals surface area contributed by atoms with Gasteiger partial charge in [-0.3, -0.25) is 4.79 Å². The maximum atomic E-state index is 12.3. The van der Waals surface area contributed by atoms with Crippen molar-refractivity contribution in [2.75, 3.05) is 16.8 Å². The number of amides is 1. The number of hydrogen-bond acceptors (Lipinski definition) is 4. The van der Waals surface area contributed by atoms with E-state index < -0.39 is 0 Å².